The molecule has 3 saturated heterocycles. The van der Waals surface area contributed by atoms with Crippen LogP contribution in [0.15, 0.2) is 0 Å². The average molecular weight is 396 g/mol. The monoisotopic (exact) mass is 395 g/mol. The van der Waals surface area contributed by atoms with E-state index in [1.165, 1.54) is 4.90 Å². The van der Waals surface area contributed by atoms with Crippen LogP contribution in [0.5, 0.6) is 0 Å². The van der Waals surface area contributed by atoms with E-state index in [0.717, 1.165) is 19.3 Å². The van der Waals surface area contributed by atoms with Gasteiger partial charge in [0, 0.05) is 19.6 Å². The van der Waals surface area contributed by atoms with Gasteiger partial charge in [-0.15, -0.1) is 0 Å². The van der Waals surface area contributed by atoms with E-state index in [1.807, 2.05) is 20.8 Å². The molecule has 3 rings (SSSR count). The Morgan fingerprint density at radius 1 is 1.18 bits per heavy atom. The fraction of sp³-hybridized carbons (Fsp3) is 0.850. The minimum Gasteiger partial charge on any atom is -0.395 e. The van der Waals surface area contributed by atoms with Crippen molar-refractivity contribution in [2.45, 2.75) is 70.1 Å². The Hall–Kier alpha value is -1.67. The first-order chi connectivity index (χ1) is 13.4. The summed E-state index contributed by atoms with van der Waals surface area (Å²) < 4.78 is 6.41. The number of fused-ring (bicyclic) bond motifs is 1. The standard InChI is InChI=1S/C20H33N3O5/c1-4-6-10-22-17(26)15-20-8-7-19(3,28-20)13(16(25)21-9-5-2)14(20)18(27)23(15)11-12-24/h13-15,24H,4-12H2,1-3H3,(H,21,25)(H,22,26)/t13-,14-,15?,19+,20?/m0/s1. The van der Waals surface area contributed by atoms with Crippen molar-refractivity contribution in [3.63, 3.8) is 0 Å². The second-order valence-electron chi connectivity index (χ2n) is 8.42. The van der Waals surface area contributed by atoms with Gasteiger partial charge in [-0.3, -0.25) is 14.4 Å². The number of likely N-dealkylation sites (tertiary alicyclic amines) is 1. The maximum atomic E-state index is 13.3. The van der Waals surface area contributed by atoms with E-state index in [2.05, 4.69) is 10.6 Å². The third-order valence-corrected chi connectivity index (χ3v) is 6.53. The highest BCUT2D eigenvalue weighted by atomic mass is 16.5. The quantitative estimate of drug-likeness (QED) is 0.483. The van der Waals surface area contributed by atoms with Gasteiger partial charge in [0.2, 0.25) is 17.7 Å². The Morgan fingerprint density at radius 2 is 1.89 bits per heavy atom. The minimum atomic E-state index is -0.995. The summed E-state index contributed by atoms with van der Waals surface area (Å²) >= 11 is 0. The molecule has 0 aliphatic carbocycles. The summed E-state index contributed by atoms with van der Waals surface area (Å²) in [7, 11) is 0. The zero-order chi connectivity index (χ0) is 20.5. The van der Waals surface area contributed by atoms with Crippen molar-refractivity contribution in [3.05, 3.63) is 0 Å². The predicted octanol–water partition coefficient (Wildman–Crippen LogP) is 0.186. The van der Waals surface area contributed by atoms with E-state index in [4.69, 9.17) is 4.74 Å². The number of carbonyl (C=O) groups is 3. The van der Waals surface area contributed by atoms with E-state index in [9.17, 15) is 19.5 Å². The van der Waals surface area contributed by atoms with Crippen LogP contribution < -0.4 is 10.6 Å². The second-order valence-corrected chi connectivity index (χ2v) is 8.42. The highest BCUT2D eigenvalue weighted by Crippen LogP contribution is 2.63. The summed E-state index contributed by atoms with van der Waals surface area (Å²) in [6.07, 6.45) is 3.80. The van der Waals surface area contributed by atoms with Gasteiger partial charge < -0.3 is 25.4 Å². The van der Waals surface area contributed by atoms with Gasteiger partial charge in [0.1, 0.15) is 11.6 Å². The number of hydrogen-bond acceptors (Lipinski definition) is 5. The summed E-state index contributed by atoms with van der Waals surface area (Å²) in [4.78, 5) is 40.7. The lowest BCUT2D eigenvalue weighted by Crippen LogP contribution is -2.55. The molecule has 2 bridgehead atoms. The van der Waals surface area contributed by atoms with Gasteiger partial charge in [-0.1, -0.05) is 20.3 Å². The number of β-amino-alcohol motifs (C(OH)–C–C–N with tert-alkyl or cyclic N) is 1. The molecule has 2 unspecified atom stereocenters. The molecule has 0 radical (unpaired) electrons. The van der Waals surface area contributed by atoms with E-state index >= 15 is 0 Å². The zero-order valence-electron chi connectivity index (χ0n) is 17.1. The van der Waals surface area contributed by atoms with Crippen LogP contribution in [0, 0.1) is 11.8 Å². The van der Waals surface area contributed by atoms with Crippen molar-refractivity contribution in [3.8, 4) is 0 Å². The van der Waals surface area contributed by atoms with Gasteiger partial charge in [0.15, 0.2) is 0 Å². The lowest BCUT2D eigenvalue weighted by Gasteiger charge is -2.33. The van der Waals surface area contributed by atoms with Gasteiger partial charge in [-0.25, -0.2) is 0 Å². The Bertz CT molecular complexity index is 641. The molecule has 3 aliphatic heterocycles. The highest BCUT2D eigenvalue weighted by molar-refractivity contribution is 5.99. The number of rotatable bonds is 9. The molecule has 0 aromatic heterocycles. The highest BCUT2D eigenvalue weighted by Gasteiger charge is 2.77. The van der Waals surface area contributed by atoms with Gasteiger partial charge >= 0.3 is 0 Å². The number of amides is 3. The summed E-state index contributed by atoms with van der Waals surface area (Å²) in [6, 6.07) is -0.806. The summed E-state index contributed by atoms with van der Waals surface area (Å²) in [6.45, 7) is 6.79. The molecule has 3 fully saturated rings. The van der Waals surface area contributed by atoms with E-state index in [0.29, 0.717) is 25.9 Å². The number of nitrogens with zero attached hydrogens (tertiary/aromatic N) is 1. The second kappa shape index (κ2) is 7.99. The molecular formula is C20H33N3O5. The van der Waals surface area contributed by atoms with Crippen molar-refractivity contribution < 1.29 is 24.2 Å². The van der Waals surface area contributed by atoms with Crippen LogP contribution in [0.1, 0.15) is 52.9 Å². The maximum absolute atomic E-state index is 13.3. The number of nitrogens with one attached hydrogen (secondary N) is 2. The summed E-state index contributed by atoms with van der Waals surface area (Å²) in [5.41, 5.74) is -1.74. The van der Waals surface area contributed by atoms with Crippen LogP contribution in [0.2, 0.25) is 0 Å². The predicted molar refractivity (Wildman–Crippen MR) is 102 cm³/mol. The molecule has 1 spiro atoms. The van der Waals surface area contributed by atoms with Gasteiger partial charge in [-0.05, 0) is 32.6 Å². The molecule has 28 heavy (non-hydrogen) atoms. The largest absolute Gasteiger partial charge is 0.395 e. The molecule has 3 N–H and O–H groups in total. The smallest absolute Gasteiger partial charge is 0.245 e. The molecule has 0 aromatic carbocycles. The number of unbranched alkanes of at least 4 members (excludes halogenated alkanes) is 1. The van der Waals surface area contributed by atoms with Crippen LogP contribution in [0.3, 0.4) is 0 Å². The van der Waals surface area contributed by atoms with Crippen LogP contribution in [0.4, 0.5) is 0 Å². The van der Waals surface area contributed by atoms with E-state index in [-0.39, 0.29) is 30.9 Å². The molecule has 5 atom stereocenters. The number of aliphatic hydroxyl groups excluding tert-OH is 1. The van der Waals surface area contributed by atoms with Crippen molar-refractivity contribution >= 4 is 17.7 Å². The first kappa shape index (κ1) is 21.0. The van der Waals surface area contributed by atoms with Crippen LogP contribution in [-0.2, 0) is 19.1 Å². The molecule has 3 amide bonds. The average Bonchev–Trinajstić information content (AvgIpc) is 3.22. The fourth-order valence-electron chi connectivity index (χ4n) is 5.32. The third kappa shape index (κ3) is 3.10. The number of ether oxygens (including phenoxy) is 1. The number of hydrogen-bond donors (Lipinski definition) is 3. The first-order valence-corrected chi connectivity index (χ1v) is 10.5. The molecule has 8 heteroatoms. The Morgan fingerprint density at radius 3 is 2.54 bits per heavy atom. The Kier molecular flexibility index (Phi) is 6.00. The number of carbonyl (C=O) groups excluding carboxylic acids is 3. The van der Waals surface area contributed by atoms with Gasteiger partial charge in [-0.2, -0.15) is 0 Å². The Balaban J connectivity index is 1.93. The molecule has 3 heterocycles. The third-order valence-electron chi connectivity index (χ3n) is 6.53. The van der Waals surface area contributed by atoms with Crippen LogP contribution in [0.25, 0.3) is 0 Å². The lowest BCUT2D eigenvalue weighted by atomic mass is 9.66. The molecule has 158 valence electrons. The van der Waals surface area contributed by atoms with Crippen LogP contribution >= 0.6 is 0 Å². The first-order valence-electron chi connectivity index (χ1n) is 10.5. The molecule has 3 aliphatic rings. The lowest BCUT2D eigenvalue weighted by molar-refractivity contribution is -0.146. The van der Waals surface area contributed by atoms with Crippen molar-refractivity contribution in [2.75, 3.05) is 26.2 Å². The SMILES string of the molecule is CCCCNC(=O)C1N(CCO)C(=O)[C@@H]2[C@@H](C(=O)NCCC)[C@@]3(C)CCC12O3. The van der Waals surface area contributed by atoms with Crippen molar-refractivity contribution in [1.82, 2.24) is 15.5 Å². The fourth-order valence-corrected chi connectivity index (χ4v) is 5.32. The Labute approximate surface area is 166 Å². The normalized spacial score (nSPS) is 35.9. The van der Waals surface area contributed by atoms with Crippen LogP contribution in [-0.4, -0.2) is 71.2 Å². The number of aliphatic hydroxyl groups is 1. The van der Waals surface area contributed by atoms with Crippen molar-refractivity contribution in [1.29, 1.82) is 0 Å². The van der Waals surface area contributed by atoms with Gasteiger partial charge in [0.25, 0.3) is 0 Å². The molecule has 0 aromatic rings. The molecular weight excluding hydrogens is 362 g/mol. The van der Waals surface area contributed by atoms with E-state index < -0.39 is 29.1 Å². The topological polar surface area (TPSA) is 108 Å². The van der Waals surface area contributed by atoms with Gasteiger partial charge in [0.05, 0.1) is 24.0 Å². The zero-order valence-corrected chi connectivity index (χ0v) is 17.1. The summed E-state index contributed by atoms with van der Waals surface area (Å²) in [5, 5.41) is 15.3. The van der Waals surface area contributed by atoms with Crippen molar-refractivity contribution in [2.24, 2.45) is 11.8 Å². The maximum Gasteiger partial charge on any atom is 0.245 e. The van der Waals surface area contributed by atoms with E-state index in [1.54, 1.807) is 0 Å². The molecule has 8 nitrogen and oxygen atoms in total. The summed E-state index contributed by atoms with van der Waals surface area (Å²) in [5.74, 6) is -1.99. The minimum absolute atomic E-state index is 0.0618. The molecule has 0 saturated carbocycles.